The van der Waals surface area contributed by atoms with Crippen molar-refractivity contribution in [3.05, 3.63) is 24.5 Å². The first-order chi connectivity index (χ1) is 8.16. The number of nitrogens with zero attached hydrogens (tertiary/aromatic N) is 2. The van der Waals surface area contributed by atoms with Crippen LogP contribution in [0.3, 0.4) is 0 Å². The number of rotatable bonds is 4. The fourth-order valence-corrected chi connectivity index (χ4v) is 3.25. The molecule has 0 aliphatic carbocycles. The molecule has 0 saturated carbocycles. The molecule has 90 valence electrons. The first kappa shape index (κ1) is 12.4. The zero-order valence-corrected chi connectivity index (χ0v) is 11.5. The Kier molecular flexibility index (Phi) is 4.02. The van der Waals surface area contributed by atoms with Crippen LogP contribution in [0, 0.1) is 5.92 Å². The van der Waals surface area contributed by atoms with Gasteiger partial charge < -0.3 is 5.73 Å². The zero-order chi connectivity index (χ0) is 12.3. The normalized spacial score (nSPS) is 11.0. The van der Waals surface area contributed by atoms with Gasteiger partial charge in [-0.1, -0.05) is 36.9 Å². The second-order valence-electron chi connectivity index (χ2n) is 4.14. The highest BCUT2D eigenvalue weighted by atomic mass is 32.2. The molecule has 0 aliphatic heterocycles. The van der Waals surface area contributed by atoms with Crippen LogP contribution in [0.15, 0.2) is 28.9 Å². The summed E-state index contributed by atoms with van der Waals surface area (Å²) in [7, 11) is 0. The van der Waals surface area contributed by atoms with Gasteiger partial charge in [0.15, 0.2) is 4.34 Å². The molecule has 2 aromatic rings. The van der Waals surface area contributed by atoms with Crippen molar-refractivity contribution < 1.29 is 0 Å². The smallest absolute Gasteiger partial charge is 0.152 e. The predicted molar refractivity (Wildman–Crippen MR) is 75.3 cm³/mol. The van der Waals surface area contributed by atoms with Crippen molar-refractivity contribution in [1.29, 1.82) is 0 Å². The highest BCUT2D eigenvalue weighted by molar-refractivity contribution is 8.01. The lowest BCUT2D eigenvalue weighted by atomic mass is 10.2. The molecule has 2 heterocycles. The number of aromatic nitrogens is 2. The highest BCUT2D eigenvalue weighted by Crippen LogP contribution is 2.35. The maximum atomic E-state index is 5.99. The van der Waals surface area contributed by atoms with Crippen molar-refractivity contribution in [3.63, 3.8) is 0 Å². The third-order valence-electron chi connectivity index (χ3n) is 2.11. The van der Waals surface area contributed by atoms with Crippen molar-refractivity contribution >= 4 is 28.1 Å². The molecule has 0 bridgehead atoms. The molecule has 2 rings (SSSR count). The molecule has 17 heavy (non-hydrogen) atoms. The van der Waals surface area contributed by atoms with E-state index in [1.165, 1.54) is 0 Å². The maximum Gasteiger partial charge on any atom is 0.152 e. The number of nitrogen functional groups attached to an aromatic ring is 1. The quantitative estimate of drug-likeness (QED) is 0.859. The predicted octanol–water partition coefficient (Wildman–Crippen LogP) is 3.54. The number of thioether (sulfide) groups is 1. The van der Waals surface area contributed by atoms with Crippen molar-refractivity contribution in [3.8, 4) is 11.3 Å². The molecule has 0 spiro atoms. The lowest BCUT2D eigenvalue weighted by molar-refractivity contribution is 0.750. The van der Waals surface area contributed by atoms with Gasteiger partial charge in [-0.2, -0.15) is 0 Å². The van der Waals surface area contributed by atoms with Gasteiger partial charge in [-0.15, -0.1) is 0 Å². The third-order valence-corrected chi connectivity index (χ3v) is 4.56. The summed E-state index contributed by atoms with van der Waals surface area (Å²) in [5.41, 5.74) is 7.83. The van der Waals surface area contributed by atoms with Gasteiger partial charge in [0.05, 0.1) is 0 Å². The van der Waals surface area contributed by atoms with Gasteiger partial charge in [0.2, 0.25) is 0 Å². The monoisotopic (exact) mass is 265 g/mol. The Balaban J connectivity index is 2.20. The summed E-state index contributed by atoms with van der Waals surface area (Å²) in [5.74, 6) is 1.73. The first-order valence-electron chi connectivity index (χ1n) is 5.46. The Hall–Kier alpha value is -1.07. The van der Waals surface area contributed by atoms with E-state index in [1.807, 2.05) is 12.1 Å². The number of hydrogen-bond donors (Lipinski definition) is 1. The largest absolute Gasteiger partial charge is 0.389 e. The average molecular weight is 265 g/mol. The lowest BCUT2D eigenvalue weighted by Crippen LogP contribution is -1.89. The van der Waals surface area contributed by atoms with E-state index in [-0.39, 0.29) is 0 Å². The Labute approximate surface area is 109 Å². The molecule has 0 saturated heterocycles. The molecule has 0 fully saturated rings. The standard InChI is InChI=1S/C12H15N3S2/c1-8(2)7-16-12-15-10(11(13)17-12)9-4-3-5-14-6-9/h3-6,8H,7,13H2,1-2H3. The number of nitrogens with two attached hydrogens (primary N) is 1. The molecular formula is C12H15N3S2. The number of anilines is 1. The van der Waals surface area contributed by atoms with Crippen molar-refractivity contribution in [2.75, 3.05) is 11.5 Å². The number of thiazole rings is 1. The van der Waals surface area contributed by atoms with Gasteiger partial charge in [0.25, 0.3) is 0 Å². The van der Waals surface area contributed by atoms with Crippen LogP contribution in [-0.4, -0.2) is 15.7 Å². The SMILES string of the molecule is CC(C)CSc1nc(-c2cccnc2)c(N)s1. The summed E-state index contributed by atoms with van der Waals surface area (Å²) in [6, 6.07) is 3.88. The fraction of sp³-hybridized carbons (Fsp3) is 0.333. The van der Waals surface area contributed by atoms with E-state index < -0.39 is 0 Å². The number of pyridine rings is 1. The molecule has 3 nitrogen and oxygen atoms in total. The molecule has 0 aliphatic rings. The molecule has 5 heteroatoms. The van der Waals surface area contributed by atoms with E-state index in [1.54, 1.807) is 35.5 Å². The minimum Gasteiger partial charge on any atom is -0.389 e. The molecular weight excluding hydrogens is 250 g/mol. The van der Waals surface area contributed by atoms with Gasteiger partial charge in [-0.3, -0.25) is 4.98 Å². The van der Waals surface area contributed by atoms with E-state index >= 15 is 0 Å². The van der Waals surface area contributed by atoms with Gasteiger partial charge in [0, 0.05) is 23.7 Å². The van der Waals surface area contributed by atoms with Gasteiger partial charge in [-0.05, 0) is 18.1 Å². The number of hydrogen-bond acceptors (Lipinski definition) is 5. The van der Waals surface area contributed by atoms with Crippen LogP contribution in [0.2, 0.25) is 0 Å². The van der Waals surface area contributed by atoms with E-state index in [0.717, 1.165) is 26.4 Å². The van der Waals surface area contributed by atoms with Gasteiger partial charge >= 0.3 is 0 Å². The van der Waals surface area contributed by atoms with E-state index in [4.69, 9.17) is 5.73 Å². The topological polar surface area (TPSA) is 51.8 Å². The molecule has 0 amide bonds. The van der Waals surface area contributed by atoms with Gasteiger partial charge in [0.1, 0.15) is 10.7 Å². The lowest BCUT2D eigenvalue weighted by Gasteiger charge is -1.99. The van der Waals surface area contributed by atoms with Gasteiger partial charge in [-0.25, -0.2) is 4.98 Å². The van der Waals surface area contributed by atoms with Crippen LogP contribution >= 0.6 is 23.1 Å². The Bertz CT molecular complexity index is 480. The summed E-state index contributed by atoms with van der Waals surface area (Å²) in [6.45, 7) is 4.40. The second kappa shape index (κ2) is 5.51. The van der Waals surface area contributed by atoms with E-state index in [0.29, 0.717) is 5.92 Å². The molecule has 2 aromatic heterocycles. The maximum absolute atomic E-state index is 5.99. The minimum absolute atomic E-state index is 0.659. The molecule has 0 atom stereocenters. The van der Waals surface area contributed by atoms with Crippen LogP contribution < -0.4 is 5.73 Å². The first-order valence-corrected chi connectivity index (χ1v) is 7.26. The molecule has 0 unspecified atom stereocenters. The van der Waals surface area contributed by atoms with Crippen molar-refractivity contribution in [2.45, 2.75) is 18.2 Å². The third kappa shape index (κ3) is 3.20. The van der Waals surface area contributed by atoms with Crippen LogP contribution in [-0.2, 0) is 0 Å². The summed E-state index contributed by atoms with van der Waals surface area (Å²) < 4.78 is 1.04. The summed E-state index contributed by atoms with van der Waals surface area (Å²) >= 11 is 3.32. The van der Waals surface area contributed by atoms with Crippen LogP contribution in [0.4, 0.5) is 5.00 Å². The summed E-state index contributed by atoms with van der Waals surface area (Å²) in [4.78, 5) is 8.66. The zero-order valence-electron chi connectivity index (χ0n) is 9.88. The molecule has 0 aromatic carbocycles. The van der Waals surface area contributed by atoms with Crippen molar-refractivity contribution in [1.82, 2.24) is 9.97 Å². The van der Waals surface area contributed by atoms with Crippen LogP contribution in [0.25, 0.3) is 11.3 Å². The van der Waals surface area contributed by atoms with Crippen LogP contribution in [0.1, 0.15) is 13.8 Å². The summed E-state index contributed by atoms with van der Waals surface area (Å²) in [5, 5.41) is 0.768. The Morgan fingerprint density at radius 1 is 1.47 bits per heavy atom. The van der Waals surface area contributed by atoms with Crippen molar-refractivity contribution in [2.24, 2.45) is 5.92 Å². The Morgan fingerprint density at radius 3 is 2.94 bits per heavy atom. The summed E-state index contributed by atoms with van der Waals surface area (Å²) in [6.07, 6.45) is 3.54. The fourth-order valence-electron chi connectivity index (χ4n) is 1.32. The van der Waals surface area contributed by atoms with E-state index in [9.17, 15) is 0 Å². The average Bonchev–Trinajstić information content (AvgIpc) is 2.69. The highest BCUT2D eigenvalue weighted by Gasteiger charge is 2.11. The molecule has 0 radical (unpaired) electrons. The second-order valence-corrected chi connectivity index (χ2v) is 6.44. The van der Waals surface area contributed by atoms with Crippen LogP contribution in [0.5, 0.6) is 0 Å². The van der Waals surface area contributed by atoms with E-state index in [2.05, 4.69) is 23.8 Å². The molecule has 2 N–H and O–H groups in total. The minimum atomic E-state index is 0.659. The Morgan fingerprint density at radius 2 is 2.29 bits per heavy atom.